The molecule has 1 nitrogen and oxygen atoms in total. The molecule has 16 heavy (non-hydrogen) atoms. The second-order valence-electron chi connectivity index (χ2n) is 5.17. The highest BCUT2D eigenvalue weighted by Gasteiger charge is 2.42. The van der Waals surface area contributed by atoms with Crippen LogP contribution in [0.4, 0.5) is 0 Å². The molecular formula is C15H20O. The van der Waals surface area contributed by atoms with Gasteiger partial charge in [0.2, 0.25) is 0 Å². The van der Waals surface area contributed by atoms with Gasteiger partial charge in [0.05, 0.1) is 5.41 Å². The average molecular weight is 216 g/mol. The molecule has 0 saturated heterocycles. The normalized spacial score (nSPS) is 18.9. The summed E-state index contributed by atoms with van der Waals surface area (Å²) in [5.41, 5.74) is 1.06. The number of hydrogen-bond acceptors (Lipinski definition) is 1. The van der Waals surface area contributed by atoms with E-state index in [1.54, 1.807) is 0 Å². The molecule has 1 aromatic rings. The smallest absolute Gasteiger partial charge is 0.145 e. The van der Waals surface area contributed by atoms with Gasteiger partial charge in [0.15, 0.2) is 0 Å². The second kappa shape index (κ2) is 4.40. The predicted molar refractivity (Wildman–Crippen MR) is 66.4 cm³/mol. The Hall–Kier alpha value is -1.11. The van der Waals surface area contributed by atoms with E-state index in [-0.39, 0.29) is 11.3 Å². The monoisotopic (exact) mass is 216 g/mol. The highest BCUT2D eigenvalue weighted by molar-refractivity contribution is 5.91. The summed E-state index contributed by atoms with van der Waals surface area (Å²) >= 11 is 0. The van der Waals surface area contributed by atoms with Gasteiger partial charge in [-0.15, -0.1) is 0 Å². The van der Waals surface area contributed by atoms with Crippen LogP contribution in [-0.4, -0.2) is 5.78 Å². The molecule has 0 N–H and O–H groups in total. The third-order valence-electron chi connectivity index (χ3n) is 3.78. The average Bonchev–Trinajstić information content (AvgIpc) is 2.79. The van der Waals surface area contributed by atoms with Gasteiger partial charge in [0.25, 0.3) is 0 Å². The number of hydrogen-bond donors (Lipinski definition) is 0. The lowest BCUT2D eigenvalue weighted by Gasteiger charge is -2.29. The molecule has 0 amide bonds. The Morgan fingerprint density at radius 1 is 1.12 bits per heavy atom. The zero-order valence-electron chi connectivity index (χ0n) is 10.2. The van der Waals surface area contributed by atoms with Gasteiger partial charge in [-0.1, -0.05) is 57.0 Å². The van der Waals surface area contributed by atoms with Gasteiger partial charge in [-0.3, -0.25) is 4.79 Å². The Bertz CT molecular complexity index is 358. The second-order valence-corrected chi connectivity index (χ2v) is 5.17. The Kier molecular flexibility index (Phi) is 3.13. The van der Waals surface area contributed by atoms with E-state index in [0.717, 1.165) is 12.8 Å². The number of Topliss-reactive ketones (excluding diaryl/α,β-unsaturated/α-hetero) is 1. The van der Waals surface area contributed by atoms with Gasteiger partial charge in [-0.05, 0) is 18.4 Å². The van der Waals surface area contributed by atoms with Crippen molar-refractivity contribution in [2.75, 3.05) is 0 Å². The Balaban J connectivity index is 2.40. The number of carbonyl (C=O) groups is 1. The first-order valence-corrected chi connectivity index (χ1v) is 6.27. The summed E-state index contributed by atoms with van der Waals surface area (Å²) in [5, 5.41) is 0. The Morgan fingerprint density at radius 2 is 1.69 bits per heavy atom. The van der Waals surface area contributed by atoms with Crippen molar-refractivity contribution in [3.05, 3.63) is 35.9 Å². The lowest BCUT2D eigenvalue weighted by Crippen LogP contribution is -2.36. The van der Waals surface area contributed by atoms with Crippen molar-refractivity contribution in [2.24, 2.45) is 5.92 Å². The molecule has 1 aliphatic carbocycles. The maximum Gasteiger partial charge on any atom is 0.145 e. The molecule has 0 atom stereocenters. The van der Waals surface area contributed by atoms with Crippen LogP contribution in [-0.2, 0) is 10.2 Å². The molecule has 0 aliphatic heterocycles. The molecule has 0 bridgehead atoms. The highest BCUT2D eigenvalue weighted by Crippen LogP contribution is 2.43. The third kappa shape index (κ3) is 1.79. The molecule has 1 aliphatic rings. The lowest BCUT2D eigenvalue weighted by molar-refractivity contribution is -0.127. The predicted octanol–water partition coefficient (Wildman–Crippen LogP) is 3.72. The van der Waals surface area contributed by atoms with Gasteiger partial charge >= 0.3 is 0 Å². The van der Waals surface area contributed by atoms with Gasteiger partial charge in [-0.2, -0.15) is 0 Å². The molecule has 0 unspecified atom stereocenters. The maximum absolute atomic E-state index is 12.5. The molecule has 1 saturated carbocycles. The molecule has 1 aromatic carbocycles. The van der Waals surface area contributed by atoms with E-state index < -0.39 is 0 Å². The molecule has 1 heteroatoms. The van der Waals surface area contributed by atoms with Crippen LogP contribution in [0.1, 0.15) is 45.1 Å². The summed E-state index contributed by atoms with van der Waals surface area (Å²) in [7, 11) is 0. The van der Waals surface area contributed by atoms with E-state index in [9.17, 15) is 4.79 Å². The van der Waals surface area contributed by atoms with Gasteiger partial charge in [0, 0.05) is 5.92 Å². The molecule has 86 valence electrons. The van der Waals surface area contributed by atoms with Crippen LogP contribution in [0.15, 0.2) is 30.3 Å². The van der Waals surface area contributed by atoms with E-state index >= 15 is 0 Å². The van der Waals surface area contributed by atoms with Crippen LogP contribution in [0.2, 0.25) is 0 Å². The van der Waals surface area contributed by atoms with E-state index in [1.165, 1.54) is 18.4 Å². The van der Waals surface area contributed by atoms with Crippen molar-refractivity contribution in [3.63, 3.8) is 0 Å². The summed E-state index contributed by atoms with van der Waals surface area (Å²) in [6.45, 7) is 4.04. The molecule has 0 heterocycles. The van der Waals surface area contributed by atoms with Crippen molar-refractivity contribution in [1.29, 1.82) is 0 Å². The fourth-order valence-corrected chi connectivity index (χ4v) is 2.97. The molecule has 0 spiro atoms. The summed E-state index contributed by atoms with van der Waals surface area (Å²) < 4.78 is 0. The van der Waals surface area contributed by atoms with Gasteiger partial charge in [0.1, 0.15) is 5.78 Å². The lowest BCUT2D eigenvalue weighted by atomic mass is 9.72. The van der Waals surface area contributed by atoms with Crippen LogP contribution < -0.4 is 0 Å². The standard InChI is InChI=1S/C15H20O/c1-12(2)14(16)15(10-6-7-11-15)13-8-4-3-5-9-13/h3-5,8-9,12H,6-7,10-11H2,1-2H3. The summed E-state index contributed by atoms with van der Waals surface area (Å²) in [5.74, 6) is 0.564. The van der Waals surface area contributed by atoms with Gasteiger partial charge < -0.3 is 0 Å². The first-order valence-electron chi connectivity index (χ1n) is 6.27. The van der Waals surface area contributed by atoms with E-state index in [0.29, 0.717) is 5.78 Å². The van der Waals surface area contributed by atoms with E-state index in [2.05, 4.69) is 12.1 Å². The van der Waals surface area contributed by atoms with Crippen LogP contribution in [0.5, 0.6) is 0 Å². The van der Waals surface area contributed by atoms with Crippen LogP contribution >= 0.6 is 0 Å². The van der Waals surface area contributed by atoms with Crippen molar-refractivity contribution in [2.45, 2.75) is 44.9 Å². The Labute approximate surface area is 97.9 Å². The van der Waals surface area contributed by atoms with Gasteiger partial charge in [-0.25, -0.2) is 0 Å². The summed E-state index contributed by atoms with van der Waals surface area (Å²) in [6, 6.07) is 10.3. The highest BCUT2D eigenvalue weighted by atomic mass is 16.1. The largest absolute Gasteiger partial charge is 0.298 e. The molecule has 1 fully saturated rings. The molecule has 2 rings (SSSR count). The van der Waals surface area contributed by atoms with E-state index in [4.69, 9.17) is 0 Å². The minimum atomic E-state index is -0.171. The number of ketones is 1. The van der Waals surface area contributed by atoms with Crippen LogP contribution in [0, 0.1) is 5.92 Å². The molecule has 0 radical (unpaired) electrons. The zero-order valence-corrected chi connectivity index (χ0v) is 10.2. The summed E-state index contributed by atoms with van der Waals surface area (Å²) in [4.78, 5) is 12.5. The third-order valence-corrected chi connectivity index (χ3v) is 3.78. The topological polar surface area (TPSA) is 17.1 Å². The van der Waals surface area contributed by atoms with Crippen molar-refractivity contribution < 1.29 is 4.79 Å². The number of rotatable bonds is 3. The van der Waals surface area contributed by atoms with E-state index in [1.807, 2.05) is 32.0 Å². The number of carbonyl (C=O) groups excluding carboxylic acids is 1. The summed E-state index contributed by atoms with van der Waals surface area (Å²) in [6.07, 6.45) is 4.45. The maximum atomic E-state index is 12.5. The molecular weight excluding hydrogens is 196 g/mol. The first-order chi connectivity index (χ1) is 7.67. The zero-order chi connectivity index (χ0) is 11.6. The van der Waals surface area contributed by atoms with Crippen molar-refractivity contribution >= 4 is 5.78 Å². The van der Waals surface area contributed by atoms with Crippen molar-refractivity contribution in [3.8, 4) is 0 Å². The Morgan fingerprint density at radius 3 is 2.19 bits per heavy atom. The number of benzene rings is 1. The fourth-order valence-electron chi connectivity index (χ4n) is 2.97. The van der Waals surface area contributed by atoms with Crippen molar-refractivity contribution in [1.82, 2.24) is 0 Å². The first kappa shape index (κ1) is 11.4. The minimum Gasteiger partial charge on any atom is -0.298 e. The minimum absolute atomic E-state index is 0.137. The van der Waals surface area contributed by atoms with Crippen LogP contribution in [0.3, 0.4) is 0 Å². The molecule has 0 aromatic heterocycles. The SMILES string of the molecule is CC(C)C(=O)C1(c2ccccc2)CCCC1. The quantitative estimate of drug-likeness (QED) is 0.752. The fraction of sp³-hybridized carbons (Fsp3) is 0.533. The van der Waals surface area contributed by atoms with Crippen LogP contribution in [0.25, 0.3) is 0 Å².